The van der Waals surface area contributed by atoms with Crippen LogP contribution in [0.5, 0.6) is 11.9 Å². The Balaban J connectivity index is 1.44. The molecule has 0 bridgehead atoms. The third-order valence-corrected chi connectivity index (χ3v) is 7.79. The average Bonchev–Trinajstić information content (AvgIpc) is 3.32. The molecule has 6 heterocycles. The number of nitrogens with zero attached hydrogens (tertiary/aromatic N) is 6. The molecule has 3 atom stereocenters. The number of alkyl halides is 1. The lowest BCUT2D eigenvalue weighted by Gasteiger charge is -2.32. The molecule has 0 aliphatic carbocycles. The van der Waals surface area contributed by atoms with Crippen LogP contribution in [0.4, 0.5) is 20.4 Å². The van der Waals surface area contributed by atoms with Crippen LogP contribution in [0, 0.1) is 5.82 Å². The van der Waals surface area contributed by atoms with E-state index in [4.69, 9.17) is 31.8 Å². The first-order valence-electron chi connectivity index (χ1n) is 12.0. The van der Waals surface area contributed by atoms with Gasteiger partial charge in [0.15, 0.2) is 11.0 Å². The summed E-state index contributed by atoms with van der Waals surface area (Å²) in [7, 11) is 0. The van der Waals surface area contributed by atoms with Gasteiger partial charge in [0.2, 0.25) is 5.88 Å². The summed E-state index contributed by atoms with van der Waals surface area (Å²) in [6.45, 7) is 4.09. The lowest BCUT2D eigenvalue weighted by molar-refractivity contribution is 0.107. The zero-order valence-electron chi connectivity index (χ0n) is 19.8. The summed E-state index contributed by atoms with van der Waals surface area (Å²) >= 11 is 6.08. The normalized spacial score (nSPS) is 24.4. The van der Waals surface area contributed by atoms with Crippen LogP contribution in [0.15, 0.2) is 18.3 Å². The Labute approximate surface area is 211 Å². The van der Waals surface area contributed by atoms with Gasteiger partial charge >= 0.3 is 6.01 Å². The molecule has 3 aliphatic heterocycles. The number of fused-ring (bicyclic) bond motifs is 1. The molecule has 6 rings (SSSR count). The Kier molecular flexibility index (Phi) is 5.71. The lowest BCUT2D eigenvalue weighted by Crippen LogP contribution is -2.43. The molecule has 3 aromatic heterocycles. The molecule has 0 amide bonds. The van der Waals surface area contributed by atoms with E-state index in [9.17, 15) is 4.39 Å². The highest BCUT2D eigenvalue weighted by atomic mass is 35.5. The summed E-state index contributed by atoms with van der Waals surface area (Å²) in [5.41, 5.74) is 6.51. The van der Waals surface area contributed by atoms with Gasteiger partial charge in [0.05, 0.1) is 18.1 Å². The molecule has 2 N–H and O–H groups in total. The van der Waals surface area contributed by atoms with Crippen molar-refractivity contribution in [1.29, 1.82) is 0 Å². The number of anilines is 2. The molecule has 0 aromatic carbocycles. The average molecular weight is 518 g/mol. The molecule has 0 saturated carbocycles. The van der Waals surface area contributed by atoms with E-state index in [1.165, 1.54) is 0 Å². The van der Waals surface area contributed by atoms with Gasteiger partial charge < -0.3 is 20.1 Å². The standard InChI is InChI=1S/C24H26ClF2N7O2/c1-13(15-4-2-6-29-20(15)28)34-8-9-35-22-16-18(17(27)19(25)31-22)30-23(32-21(16)34)36-12-24-5-3-7-33(24)11-14(26)10-24/h2,4,6,13-14H,3,5,7-12H2,1H3,(H2,28,29)/t13-,14-,24+/m1/s1. The number of pyridine rings is 2. The second kappa shape index (κ2) is 8.81. The number of rotatable bonds is 5. The number of hydrogen-bond acceptors (Lipinski definition) is 9. The van der Waals surface area contributed by atoms with Crippen molar-refractivity contribution < 1.29 is 18.3 Å². The van der Waals surface area contributed by atoms with E-state index in [-0.39, 0.29) is 41.8 Å². The fourth-order valence-electron chi connectivity index (χ4n) is 5.78. The molecule has 12 heteroatoms. The molecule has 3 aromatic rings. The van der Waals surface area contributed by atoms with E-state index >= 15 is 4.39 Å². The van der Waals surface area contributed by atoms with Crippen molar-refractivity contribution in [3.63, 3.8) is 0 Å². The van der Waals surface area contributed by atoms with E-state index in [2.05, 4.69) is 19.9 Å². The Morgan fingerprint density at radius 1 is 1.33 bits per heavy atom. The molecule has 2 saturated heterocycles. The van der Waals surface area contributed by atoms with Crippen molar-refractivity contribution in [3.8, 4) is 11.9 Å². The Hall–Kier alpha value is -3.05. The zero-order valence-corrected chi connectivity index (χ0v) is 20.5. The van der Waals surface area contributed by atoms with Crippen molar-refractivity contribution >= 4 is 34.1 Å². The molecule has 190 valence electrons. The van der Waals surface area contributed by atoms with Crippen LogP contribution in [0.2, 0.25) is 5.15 Å². The molecule has 0 spiro atoms. The summed E-state index contributed by atoms with van der Waals surface area (Å²) in [6, 6.07) is 3.41. The van der Waals surface area contributed by atoms with Gasteiger partial charge in [0.25, 0.3) is 0 Å². The topological polar surface area (TPSA) is 103 Å². The van der Waals surface area contributed by atoms with Crippen LogP contribution in [0.1, 0.15) is 37.8 Å². The highest BCUT2D eigenvalue weighted by molar-refractivity contribution is 6.30. The molecule has 0 radical (unpaired) electrons. The van der Waals surface area contributed by atoms with Crippen LogP contribution in [-0.2, 0) is 0 Å². The zero-order chi connectivity index (χ0) is 25.0. The molecule has 9 nitrogen and oxygen atoms in total. The van der Waals surface area contributed by atoms with Gasteiger partial charge in [0, 0.05) is 24.7 Å². The molecule has 36 heavy (non-hydrogen) atoms. The van der Waals surface area contributed by atoms with Gasteiger partial charge in [-0.25, -0.2) is 13.8 Å². The smallest absolute Gasteiger partial charge is 0.319 e. The molecule has 3 aliphatic rings. The van der Waals surface area contributed by atoms with Gasteiger partial charge in [-0.2, -0.15) is 15.0 Å². The highest BCUT2D eigenvalue weighted by Crippen LogP contribution is 2.43. The van der Waals surface area contributed by atoms with E-state index in [0.717, 1.165) is 24.9 Å². The second-order valence-corrected chi connectivity index (χ2v) is 9.99. The Bertz CT molecular complexity index is 1330. The van der Waals surface area contributed by atoms with Crippen LogP contribution in [0.3, 0.4) is 0 Å². The summed E-state index contributed by atoms with van der Waals surface area (Å²) < 4.78 is 41.4. The van der Waals surface area contributed by atoms with Crippen LogP contribution in [0.25, 0.3) is 10.9 Å². The van der Waals surface area contributed by atoms with Crippen LogP contribution in [-0.4, -0.2) is 69.4 Å². The fraction of sp³-hybridized carbons (Fsp3) is 0.500. The minimum absolute atomic E-state index is 0.00796. The molecule has 2 fully saturated rings. The predicted molar refractivity (Wildman–Crippen MR) is 131 cm³/mol. The number of nitrogens with two attached hydrogens (primary N) is 1. The first-order chi connectivity index (χ1) is 17.4. The van der Waals surface area contributed by atoms with E-state index < -0.39 is 17.5 Å². The number of hydrogen-bond donors (Lipinski definition) is 1. The quantitative estimate of drug-likeness (QED) is 0.507. The maximum absolute atomic E-state index is 15.3. The van der Waals surface area contributed by atoms with Crippen molar-refractivity contribution in [2.45, 2.75) is 43.9 Å². The monoisotopic (exact) mass is 517 g/mol. The van der Waals surface area contributed by atoms with E-state index in [0.29, 0.717) is 36.5 Å². The Morgan fingerprint density at radius 3 is 3.03 bits per heavy atom. The minimum atomic E-state index is -0.889. The number of ether oxygens (including phenoxy) is 2. The van der Waals surface area contributed by atoms with Gasteiger partial charge in [0.1, 0.15) is 41.9 Å². The number of halogens is 3. The van der Waals surface area contributed by atoms with Gasteiger partial charge in [-0.3, -0.25) is 4.90 Å². The van der Waals surface area contributed by atoms with Crippen molar-refractivity contribution in [2.75, 3.05) is 43.5 Å². The summed E-state index contributed by atoms with van der Waals surface area (Å²) in [5, 5.41) is -0.0378. The first-order valence-corrected chi connectivity index (χ1v) is 12.4. The SMILES string of the molecule is C[C@H](c1cccnc1N)N1CCOc2nc(Cl)c(F)c3nc(OC[C@@]45CCCN4C[C@H](F)C5)nc1c23. The van der Waals surface area contributed by atoms with Crippen molar-refractivity contribution in [2.24, 2.45) is 0 Å². The van der Waals surface area contributed by atoms with E-state index in [1.807, 2.05) is 24.0 Å². The third kappa shape index (κ3) is 3.76. The lowest BCUT2D eigenvalue weighted by atomic mass is 9.95. The number of nitrogen functional groups attached to an aromatic ring is 1. The maximum atomic E-state index is 15.3. The van der Waals surface area contributed by atoms with Gasteiger partial charge in [-0.05, 0) is 32.4 Å². The van der Waals surface area contributed by atoms with Crippen molar-refractivity contribution in [1.82, 2.24) is 24.8 Å². The third-order valence-electron chi connectivity index (χ3n) is 7.53. The van der Waals surface area contributed by atoms with Gasteiger partial charge in [-0.15, -0.1) is 0 Å². The van der Waals surface area contributed by atoms with Crippen LogP contribution < -0.4 is 20.1 Å². The van der Waals surface area contributed by atoms with E-state index in [1.54, 1.807) is 6.20 Å². The molecular weight excluding hydrogens is 492 g/mol. The van der Waals surface area contributed by atoms with Crippen molar-refractivity contribution in [3.05, 3.63) is 34.9 Å². The first kappa shape index (κ1) is 23.4. The largest absolute Gasteiger partial charge is 0.475 e. The number of aromatic nitrogens is 4. The van der Waals surface area contributed by atoms with Gasteiger partial charge in [-0.1, -0.05) is 17.7 Å². The highest BCUT2D eigenvalue weighted by Gasteiger charge is 2.49. The molecular formula is C24H26ClF2N7O2. The maximum Gasteiger partial charge on any atom is 0.319 e. The van der Waals surface area contributed by atoms with Crippen LogP contribution >= 0.6 is 11.6 Å². The second-order valence-electron chi connectivity index (χ2n) is 9.63. The predicted octanol–water partition coefficient (Wildman–Crippen LogP) is 3.71. The summed E-state index contributed by atoms with van der Waals surface area (Å²) in [6.07, 6.45) is 2.95. The summed E-state index contributed by atoms with van der Waals surface area (Å²) in [5.74, 6) is 0.161. The summed E-state index contributed by atoms with van der Waals surface area (Å²) in [4.78, 5) is 21.5. The minimum Gasteiger partial charge on any atom is -0.475 e. The Morgan fingerprint density at radius 2 is 2.19 bits per heavy atom. The fourth-order valence-corrected chi connectivity index (χ4v) is 5.94. The molecule has 0 unspecified atom stereocenters.